The van der Waals surface area contributed by atoms with Gasteiger partial charge in [0.15, 0.2) is 5.72 Å². The molecule has 126 valence electrons. The molecule has 0 radical (unpaired) electrons. The van der Waals surface area contributed by atoms with Crippen LogP contribution in [0.5, 0.6) is 0 Å². The molecule has 3 aromatic heterocycles. The Hall–Kier alpha value is -2.06. The van der Waals surface area contributed by atoms with Gasteiger partial charge in [-0.3, -0.25) is 4.52 Å². The number of aromatic nitrogens is 5. The van der Waals surface area contributed by atoms with Gasteiger partial charge in [0.25, 0.3) is 0 Å². The first-order valence-corrected chi connectivity index (χ1v) is 9.10. The van der Waals surface area contributed by atoms with Crippen molar-refractivity contribution in [2.45, 2.75) is 31.4 Å². The number of aromatic amines is 1. The van der Waals surface area contributed by atoms with E-state index in [-0.39, 0.29) is 0 Å². The van der Waals surface area contributed by atoms with Gasteiger partial charge >= 0.3 is 7.82 Å². The normalized spacial score (nSPS) is 17.6. The molecule has 1 aliphatic rings. The summed E-state index contributed by atoms with van der Waals surface area (Å²) in [6.07, 6.45) is 9.24. The molecule has 4 rings (SSSR count). The van der Waals surface area contributed by atoms with Gasteiger partial charge in [-0.25, -0.2) is 19.2 Å². The number of hydrogen-bond donors (Lipinski definition) is 3. The summed E-state index contributed by atoms with van der Waals surface area (Å²) in [5, 5.41) is 5.15. The lowest BCUT2D eigenvalue weighted by atomic mass is 10.1. The van der Waals surface area contributed by atoms with E-state index in [0.717, 1.165) is 29.4 Å². The van der Waals surface area contributed by atoms with Crippen molar-refractivity contribution in [2.24, 2.45) is 0 Å². The van der Waals surface area contributed by atoms with Crippen LogP contribution >= 0.6 is 7.82 Å². The molecule has 0 bridgehead atoms. The van der Waals surface area contributed by atoms with Gasteiger partial charge in [-0.15, -0.1) is 0 Å². The van der Waals surface area contributed by atoms with Gasteiger partial charge in [-0.1, -0.05) is 0 Å². The molecule has 3 N–H and O–H groups in total. The maximum absolute atomic E-state index is 11.4. The molecule has 0 amide bonds. The first kappa shape index (κ1) is 15.5. The van der Waals surface area contributed by atoms with Crippen LogP contribution < -0.4 is 0 Å². The third kappa shape index (κ3) is 2.65. The fourth-order valence-corrected chi connectivity index (χ4v) is 3.99. The molecule has 0 aromatic carbocycles. The Kier molecular flexibility index (Phi) is 3.54. The number of phosphoric acid groups is 1. The average molecular weight is 349 g/mol. The Morgan fingerprint density at radius 3 is 2.83 bits per heavy atom. The van der Waals surface area contributed by atoms with Crippen molar-refractivity contribution in [1.29, 1.82) is 0 Å². The predicted octanol–water partition coefficient (Wildman–Crippen LogP) is 2.16. The Morgan fingerprint density at radius 1 is 1.29 bits per heavy atom. The number of nitrogens with one attached hydrogen (secondary N) is 1. The maximum atomic E-state index is 11.4. The van der Waals surface area contributed by atoms with Crippen LogP contribution in [0.4, 0.5) is 0 Å². The smallest absolute Gasteiger partial charge is 0.346 e. The van der Waals surface area contributed by atoms with Crippen molar-refractivity contribution < 1.29 is 18.9 Å². The minimum Gasteiger partial charge on any atom is -0.346 e. The van der Waals surface area contributed by atoms with Crippen LogP contribution in [0.2, 0.25) is 0 Å². The van der Waals surface area contributed by atoms with Gasteiger partial charge in [0.2, 0.25) is 0 Å². The second kappa shape index (κ2) is 5.49. The van der Waals surface area contributed by atoms with E-state index in [1.54, 1.807) is 18.6 Å². The van der Waals surface area contributed by atoms with E-state index in [1.165, 1.54) is 11.0 Å². The highest BCUT2D eigenvalue weighted by Gasteiger charge is 2.43. The van der Waals surface area contributed by atoms with E-state index in [2.05, 4.69) is 20.1 Å². The van der Waals surface area contributed by atoms with Crippen LogP contribution in [0.25, 0.3) is 22.3 Å². The molecule has 1 aliphatic carbocycles. The number of hydrogen-bond acceptors (Lipinski definition) is 5. The SMILES string of the molecule is O=P(O)(O)OC1(n2cc(-c3ncnc4[nH]ccc34)cn2)CCCC1. The molecular weight excluding hydrogens is 333 g/mol. The largest absolute Gasteiger partial charge is 0.471 e. The van der Waals surface area contributed by atoms with Gasteiger partial charge in [-0.05, 0) is 31.7 Å². The minimum absolute atomic E-state index is 0.503. The number of rotatable bonds is 4. The van der Waals surface area contributed by atoms with Crippen LogP contribution in [0, 0.1) is 0 Å². The molecule has 0 aliphatic heterocycles. The lowest BCUT2D eigenvalue weighted by Crippen LogP contribution is -2.33. The fourth-order valence-electron chi connectivity index (χ4n) is 3.28. The van der Waals surface area contributed by atoms with Gasteiger partial charge in [0.05, 0.1) is 11.9 Å². The van der Waals surface area contributed by atoms with E-state index in [9.17, 15) is 14.4 Å². The lowest BCUT2D eigenvalue weighted by molar-refractivity contribution is -0.0377. The topological polar surface area (TPSA) is 126 Å². The van der Waals surface area contributed by atoms with Crippen LogP contribution in [0.15, 0.2) is 31.0 Å². The number of H-pyrrole nitrogens is 1. The zero-order valence-electron chi connectivity index (χ0n) is 12.7. The predicted molar refractivity (Wildman–Crippen MR) is 84.7 cm³/mol. The zero-order chi connectivity index (χ0) is 16.8. The van der Waals surface area contributed by atoms with Crippen molar-refractivity contribution in [1.82, 2.24) is 24.7 Å². The molecule has 0 unspecified atom stereocenters. The molecule has 0 atom stereocenters. The lowest BCUT2D eigenvalue weighted by Gasteiger charge is -2.29. The van der Waals surface area contributed by atoms with Crippen molar-refractivity contribution in [3.8, 4) is 11.3 Å². The van der Waals surface area contributed by atoms with E-state index in [4.69, 9.17) is 4.52 Å². The number of phosphoric ester groups is 1. The standard InChI is InChI=1S/C14H16N5O4P/c20-24(21,22)23-14(4-1-2-5-14)19-8-10(7-18-19)12-11-3-6-15-13(11)17-9-16-12/h3,6-9H,1-2,4-5H2,(H,15,16,17)(H2,20,21,22). The molecule has 0 saturated heterocycles. The summed E-state index contributed by atoms with van der Waals surface area (Å²) in [5.41, 5.74) is 1.05. The van der Waals surface area contributed by atoms with Crippen molar-refractivity contribution >= 4 is 18.9 Å². The Balaban J connectivity index is 1.76. The Bertz CT molecular complexity index is 924. The van der Waals surface area contributed by atoms with Crippen LogP contribution in [-0.2, 0) is 14.8 Å². The summed E-state index contributed by atoms with van der Waals surface area (Å²) in [7, 11) is -4.63. The van der Waals surface area contributed by atoms with Crippen LogP contribution in [0.1, 0.15) is 25.7 Å². The molecule has 10 heteroatoms. The van der Waals surface area contributed by atoms with Gasteiger partial charge < -0.3 is 14.8 Å². The molecule has 1 saturated carbocycles. The highest BCUT2D eigenvalue weighted by atomic mass is 31.2. The van der Waals surface area contributed by atoms with E-state index >= 15 is 0 Å². The highest BCUT2D eigenvalue weighted by molar-refractivity contribution is 7.46. The van der Waals surface area contributed by atoms with E-state index in [0.29, 0.717) is 18.5 Å². The fraction of sp³-hybridized carbons (Fsp3) is 0.357. The zero-order valence-corrected chi connectivity index (χ0v) is 13.6. The third-order valence-electron chi connectivity index (χ3n) is 4.30. The molecule has 3 heterocycles. The van der Waals surface area contributed by atoms with Crippen LogP contribution in [-0.4, -0.2) is 34.5 Å². The summed E-state index contributed by atoms with van der Waals surface area (Å²) in [5.74, 6) is 0. The van der Waals surface area contributed by atoms with Gasteiger partial charge in [0.1, 0.15) is 12.0 Å². The second-order valence-corrected chi connectivity index (χ2v) is 7.03. The third-order valence-corrected chi connectivity index (χ3v) is 4.88. The van der Waals surface area contributed by atoms with Crippen molar-refractivity contribution in [3.05, 3.63) is 31.0 Å². The average Bonchev–Trinajstić information content (AvgIpc) is 3.25. The van der Waals surface area contributed by atoms with Gasteiger partial charge in [0, 0.05) is 23.3 Å². The Labute approximate surface area is 136 Å². The monoisotopic (exact) mass is 349 g/mol. The van der Waals surface area contributed by atoms with E-state index in [1.807, 2.05) is 6.07 Å². The molecule has 1 fully saturated rings. The van der Waals surface area contributed by atoms with E-state index < -0.39 is 13.5 Å². The molecular formula is C14H16N5O4P. The molecule has 3 aromatic rings. The molecule has 9 nitrogen and oxygen atoms in total. The van der Waals surface area contributed by atoms with Gasteiger partial charge in [-0.2, -0.15) is 5.10 Å². The number of fused-ring (bicyclic) bond motifs is 1. The first-order chi connectivity index (χ1) is 11.5. The summed E-state index contributed by atoms with van der Waals surface area (Å²) < 4.78 is 18.0. The highest BCUT2D eigenvalue weighted by Crippen LogP contribution is 2.50. The molecule has 24 heavy (non-hydrogen) atoms. The second-order valence-electron chi connectivity index (χ2n) is 5.87. The minimum atomic E-state index is -4.63. The first-order valence-electron chi connectivity index (χ1n) is 7.57. The summed E-state index contributed by atoms with van der Waals surface area (Å²) in [6.45, 7) is 0. The maximum Gasteiger partial charge on any atom is 0.471 e. The summed E-state index contributed by atoms with van der Waals surface area (Å²) >= 11 is 0. The summed E-state index contributed by atoms with van der Waals surface area (Å²) in [6, 6.07) is 1.87. The summed E-state index contributed by atoms with van der Waals surface area (Å²) in [4.78, 5) is 30.0. The van der Waals surface area contributed by atoms with Crippen molar-refractivity contribution in [2.75, 3.05) is 0 Å². The molecule has 0 spiro atoms. The Morgan fingerprint density at radius 2 is 2.08 bits per heavy atom. The van der Waals surface area contributed by atoms with Crippen molar-refractivity contribution in [3.63, 3.8) is 0 Å². The van der Waals surface area contributed by atoms with Crippen LogP contribution in [0.3, 0.4) is 0 Å². The quantitative estimate of drug-likeness (QED) is 0.616. The number of nitrogens with zero attached hydrogens (tertiary/aromatic N) is 4.